The van der Waals surface area contributed by atoms with Crippen molar-refractivity contribution in [1.82, 2.24) is 14.3 Å². The van der Waals surface area contributed by atoms with Gasteiger partial charge in [0.05, 0.1) is 17.8 Å². The zero-order chi connectivity index (χ0) is 20.8. The molecule has 0 aliphatic carbocycles. The van der Waals surface area contributed by atoms with Crippen molar-refractivity contribution in [2.24, 2.45) is 0 Å². The van der Waals surface area contributed by atoms with E-state index in [1.807, 2.05) is 65.4 Å². The Morgan fingerprint density at radius 3 is 2.50 bits per heavy atom. The molecule has 7 heteroatoms. The minimum absolute atomic E-state index is 0.287. The van der Waals surface area contributed by atoms with Gasteiger partial charge in [-0.05, 0) is 60.0 Å². The predicted molar refractivity (Wildman–Crippen MR) is 117 cm³/mol. The number of unbranched alkanes of at least 4 members (excludes halogenated alkanes) is 1. The highest BCUT2D eigenvalue weighted by atomic mass is 32.2. The Hall–Kier alpha value is -3.16. The molecule has 3 aromatic carbocycles. The van der Waals surface area contributed by atoms with Crippen LogP contribution in [0.15, 0.2) is 90.3 Å². The molecule has 6 nitrogen and oxygen atoms in total. The molecular formula is C23H23N3O3S. The Morgan fingerprint density at radius 2 is 1.73 bits per heavy atom. The molecule has 0 saturated carbocycles. The van der Waals surface area contributed by atoms with Crippen molar-refractivity contribution in [3.8, 4) is 11.4 Å². The van der Waals surface area contributed by atoms with E-state index in [4.69, 9.17) is 4.74 Å². The van der Waals surface area contributed by atoms with Crippen LogP contribution in [0, 0.1) is 0 Å². The molecule has 154 valence electrons. The SMILES string of the molecule is O=S(=O)(NCCCCOc1ccc(-n2ccnc2)cc1)c1ccc2ccccc2c1. The molecule has 0 bridgehead atoms. The van der Waals surface area contributed by atoms with E-state index in [1.54, 1.807) is 24.7 Å². The average Bonchev–Trinajstić information content (AvgIpc) is 3.31. The van der Waals surface area contributed by atoms with Crippen LogP contribution in [0.2, 0.25) is 0 Å². The molecule has 1 N–H and O–H groups in total. The number of ether oxygens (including phenoxy) is 1. The summed E-state index contributed by atoms with van der Waals surface area (Å²) in [6.07, 6.45) is 6.81. The van der Waals surface area contributed by atoms with E-state index in [-0.39, 0.29) is 4.90 Å². The summed E-state index contributed by atoms with van der Waals surface area (Å²) in [5, 5.41) is 1.93. The number of imidazole rings is 1. The maximum Gasteiger partial charge on any atom is 0.240 e. The van der Waals surface area contributed by atoms with Crippen molar-refractivity contribution in [1.29, 1.82) is 0 Å². The fourth-order valence-corrected chi connectivity index (χ4v) is 4.28. The van der Waals surface area contributed by atoms with E-state index in [0.29, 0.717) is 19.6 Å². The standard InChI is InChI=1S/C23H23N3O3S/c27-30(28,23-12-7-19-5-1-2-6-20(19)17-23)25-13-3-4-16-29-22-10-8-21(9-11-22)26-15-14-24-18-26/h1-2,5-12,14-15,17-18,25H,3-4,13,16H2. The Morgan fingerprint density at radius 1 is 0.933 bits per heavy atom. The van der Waals surface area contributed by atoms with Crippen molar-refractivity contribution in [3.05, 3.63) is 85.5 Å². The molecule has 0 fully saturated rings. The minimum atomic E-state index is -3.52. The average molecular weight is 422 g/mol. The Balaban J connectivity index is 1.21. The summed E-state index contributed by atoms with van der Waals surface area (Å²) in [4.78, 5) is 4.32. The highest BCUT2D eigenvalue weighted by molar-refractivity contribution is 7.89. The number of hydrogen-bond acceptors (Lipinski definition) is 4. The van der Waals surface area contributed by atoms with Crippen molar-refractivity contribution in [2.75, 3.05) is 13.2 Å². The van der Waals surface area contributed by atoms with E-state index in [0.717, 1.165) is 28.6 Å². The van der Waals surface area contributed by atoms with Gasteiger partial charge >= 0.3 is 0 Å². The zero-order valence-corrected chi connectivity index (χ0v) is 17.3. The van der Waals surface area contributed by atoms with Crippen LogP contribution in [0.3, 0.4) is 0 Å². The number of benzene rings is 3. The van der Waals surface area contributed by atoms with Crippen molar-refractivity contribution < 1.29 is 13.2 Å². The van der Waals surface area contributed by atoms with Gasteiger partial charge in [-0.3, -0.25) is 0 Å². The molecule has 0 aliphatic rings. The predicted octanol–water partition coefficient (Wildman–Crippen LogP) is 4.16. The molecule has 1 heterocycles. The number of nitrogens with zero attached hydrogens (tertiary/aromatic N) is 2. The van der Waals surface area contributed by atoms with E-state index >= 15 is 0 Å². The highest BCUT2D eigenvalue weighted by Crippen LogP contribution is 2.19. The van der Waals surface area contributed by atoms with Crippen LogP contribution in [0.4, 0.5) is 0 Å². The van der Waals surface area contributed by atoms with Gasteiger partial charge in [-0.2, -0.15) is 0 Å². The lowest BCUT2D eigenvalue weighted by Crippen LogP contribution is -2.25. The summed E-state index contributed by atoms with van der Waals surface area (Å²) in [7, 11) is -3.52. The second-order valence-corrected chi connectivity index (χ2v) is 8.69. The molecule has 1 aromatic heterocycles. The third-order valence-corrected chi connectivity index (χ3v) is 6.26. The van der Waals surface area contributed by atoms with Gasteiger partial charge in [-0.25, -0.2) is 18.1 Å². The van der Waals surface area contributed by atoms with Crippen molar-refractivity contribution in [3.63, 3.8) is 0 Å². The highest BCUT2D eigenvalue weighted by Gasteiger charge is 2.13. The molecule has 4 rings (SSSR count). The van der Waals surface area contributed by atoms with Gasteiger partial charge in [0.2, 0.25) is 10.0 Å². The second kappa shape index (κ2) is 9.11. The van der Waals surface area contributed by atoms with E-state index in [1.165, 1.54) is 0 Å². The Kier molecular flexibility index (Phi) is 6.11. The first-order chi connectivity index (χ1) is 14.6. The molecule has 0 aliphatic heterocycles. The summed E-state index contributed by atoms with van der Waals surface area (Å²) in [5.41, 5.74) is 1.02. The van der Waals surface area contributed by atoms with Gasteiger partial charge in [0.25, 0.3) is 0 Å². The van der Waals surface area contributed by atoms with Gasteiger partial charge in [-0.15, -0.1) is 0 Å². The third kappa shape index (κ3) is 4.87. The molecule has 4 aromatic rings. The summed E-state index contributed by atoms with van der Waals surface area (Å²) < 4.78 is 35.4. The van der Waals surface area contributed by atoms with Gasteiger partial charge in [-0.1, -0.05) is 30.3 Å². The number of aromatic nitrogens is 2. The zero-order valence-electron chi connectivity index (χ0n) is 16.4. The molecule has 30 heavy (non-hydrogen) atoms. The number of sulfonamides is 1. The summed E-state index contributed by atoms with van der Waals surface area (Å²) in [6, 6.07) is 20.6. The number of rotatable bonds is 9. The van der Waals surface area contributed by atoms with Crippen LogP contribution in [0.1, 0.15) is 12.8 Å². The number of fused-ring (bicyclic) bond motifs is 1. The van der Waals surface area contributed by atoms with E-state index < -0.39 is 10.0 Å². The molecule has 0 saturated heterocycles. The third-order valence-electron chi connectivity index (χ3n) is 4.80. The lowest BCUT2D eigenvalue weighted by atomic mass is 10.1. The Bertz CT molecular complexity index is 1200. The largest absolute Gasteiger partial charge is 0.494 e. The van der Waals surface area contributed by atoms with Crippen LogP contribution in [-0.4, -0.2) is 31.1 Å². The molecule has 0 spiro atoms. The maximum absolute atomic E-state index is 12.5. The Labute approximate surface area is 176 Å². The minimum Gasteiger partial charge on any atom is -0.494 e. The normalized spacial score (nSPS) is 11.6. The topological polar surface area (TPSA) is 73.2 Å². The van der Waals surface area contributed by atoms with Crippen LogP contribution in [-0.2, 0) is 10.0 Å². The van der Waals surface area contributed by atoms with Crippen LogP contribution in [0.5, 0.6) is 5.75 Å². The summed E-state index contributed by atoms with van der Waals surface area (Å²) in [5.74, 6) is 0.788. The maximum atomic E-state index is 12.5. The fraction of sp³-hybridized carbons (Fsp3) is 0.174. The molecule has 0 amide bonds. The van der Waals surface area contributed by atoms with Gasteiger partial charge in [0.15, 0.2) is 0 Å². The van der Waals surface area contributed by atoms with E-state index in [9.17, 15) is 8.42 Å². The van der Waals surface area contributed by atoms with Crippen LogP contribution in [0.25, 0.3) is 16.5 Å². The second-order valence-electron chi connectivity index (χ2n) is 6.93. The molecule has 0 radical (unpaired) electrons. The van der Waals surface area contributed by atoms with Crippen molar-refractivity contribution >= 4 is 20.8 Å². The molecule has 0 atom stereocenters. The summed E-state index contributed by atoms with van der Waals surface area (Å²) >= 11 is 0. The van der Waals surface area contributed by atoms with Crippen LogP contribution >= 0.6 is 0 Å². The number of nitrogens with one attached hydrogen (secondary N) is 1. The van der Waals surface area contributed by atoms with Crippen LogP contribution < -0.4 is 9.46 Å². The van der Waals surface area contributed by atoms with Gasteiger partial charge in [0, 0.05) is 24.6 Å². The van der Waals surface area contributed by atoms with Crippen molar-refractivity contribution in [2.45, 2.75) is 17.7 Å². The molecule has 0 unspecified atom stereocenters. The first-order valence-electron chi connectivity index (χ1n) is 9.81. The monoisotopic (exact) mass is 421 g/mol. The first-order valence-corrected chi connectivity index (χ1v) is 11.3. The first kappa shape index (κ1) is 20.1. The quantitative estimate of drug-likeness (QED) is 0.412. The van der Waals surface area contributed by atoms with E-state index in [2.05, 4.69) is 9.71 Å². The van der Waals surface area contributed by atoms with Gasteiger partial charge < -0.3 is 9.30 Å². The summed E-state index contributed by atoms with van der Waals surface area (Å²) in [6.45, 7) is 0.903. The fourth-order valence-electron chi connectivity index (χ4n) is 3.17. The lowest BCUT2D eigenvalue weighted by Gasteiger charge is -2.09. The molecular weight excluding hydrogens is 398 g/mol. The number of hydrogen-bond donors (Lipinski definition) is 1. The lowest BCUT2D eigenvalue weighted by molar-refractivity contribution is 0.307. The van der Waals surface area contributed by atoms with Gasteiger partial charge in [0.1, 0.15) is 5.75 Å². The smallest absolute Gasteiger partial charge is 0.240 e.